The fourth-order valence-electron chi connectivity index (χ4n) is 4.06. The topological polar surface area (TPSA) is 88.7 Å². The molecule has 2 aromatic rings. The Morgan fingerprint density at radius 1 is 1.25 bits per heavy atom. The van der Waals surface area contributed by atoms with Crippen LogP contribution in [0.25, 0.3) is 0 Å². The standard InChI is InChI=1S/C24H29FN2O5/c1-5-31-24(30)21-14(2)20(15(3)26-21)22(28)16(4)27(13-19-7-6-12-32-19)23(29)17-8-10-18(25)11-9-17/h8-11,16,19,26H,5-7,12-13H2,1-4H3. The first-order valence-electron chi connectivity index (χ1n) is 10.8. The van der Waals surface area contributed by atoms with Crippen LogP contribution in [0.2, 0.25) is 0 Å². The monoisotopic (exact) mass is 444 g/mol. The van der Waals surface area contributed by atoms with Crippen LogP contribution in [0.3, 0.4) is 0 Å². The number of H-pyrrole nitrogens is 1. The molecule has 32 heavy (non-hydrogen) atoms. The van der Waals surface area contributed by atoms with Crippen molar-refractivity contribution in [2.45, 2.75) is 52.7 Å². The highest BCUT2D eigenvalue weighted by molar-refractivity contribution is 6.07. The number of ketones is 1. The van der Waals surface area contributed by atoms with E-state index in [9.17, 15) is 18.8 Å². The first kappa shape index (κ1) is 23.7. The van der Waals surface area contributed by atoms with Crippen molar-refractivity contribution in [3.8, 4) is 0 Å². The molecule has 0 bridgehead atoms. The van der Waals surface area contributed by atoms with Gasteiger partial charge in [-0.1, -0.05) is 0 Å². The van der Waals surface area contributed by atoms with Crippen molar-refractivity contribution in [1.29, 1.82) is 0 Å². The SMILES string of the molecule is CCOC(=O)c1[nH]c(C)c(C(=O)C(C)N(CC2CCCO2)C(=O)c2ccc(F)cc2)c1C. The predicted molar refractivity (Wildman–Crippen MR) is 116 cm³/mol. The van der Waals surface area contributed by atoms with E-state index in [0.717, 1.165) is 12.8 Å². The number of carbonyl (C=O) groups excluding carboxylic acids is 3. The number of rotatable bonds is 8. The molecule has 1 fully saturated rings. The first-order valence-corrected chi connectivity index (χ1v) is 10.8. The molecule has 1 amide bonds. The predicted octanol–water partition coefficient (Wildman–Crippen LogP) is 3.84. The Morgan fingerprint density at radius 2 is 1.94 bits per heavy atom. The van der Waals surface area contributed by atoms with E-state index in [-0.39, 0.29) is 36.6 Å². The third-order valence-corrected chi connectivity index (χ3v) is 5.79. The molecular weight excluding hydrogens is 415 g/mol. The van der Waals surface area contributed by atoms with Gasteiger partial charge in [-0.3, -0.25) is 9.59 Å². The second-order valence-electron chi connectivity index (χ2n) is 7.99. The number of esters is 1. The zero-order chi connectivity index (χ0) is 23.4. The zero-order valence-electron chi connectivity index (χ0n) is 18.9. The van der Waals surface area contributed by atoms with Crippen LogP contribution in [0.5, 0.6) is 0 Å². The Labute approximate surface area is 186 Å². The van der Waals surface area contributed by atoms with Crippen LogP contribution < -0.4 is 0 Å². The van der Waals surface area contributed by atoms with Gasteiger partial charge in [-0.15, -0.1) is 0 Å². The van der Waals surface area contributed by atoms with Crippen LogP contribution in [-0.4, -0.2) is 59.4 Å². The number of hydrogen-bond donors (Lipinski definition) is 1. The van der Waals surface area contributed by atoms with E-state index in [2.05, 4.69) is 4.98 Å². The largest absolute Gasteiger partial charge is 0.461 e. The van der Waals surface area contributed by atoms with Gasteiger partial charge in [-0.2, -0.15) is 0 Å². The number of ether oxygens (including phenoxy) is 2. The van der Waals surface area contributed by atoms with Crippen LogP contribution in [-0.2, 0) is 9.47 Å². The molecule has 0 aliphatic carbocycles. The van der Waals surface area contributed by atoms with Gasteiger partial charge in [0.25, 0.3) is 5.91 Å². The number of Topliss-reactive ketones (excluding diaryl/α,β-unsaturated/α-hetero) is 1. The van der Waals surface area contributed by atoms with E-state index in [1.165, 1.54) is 29.2 Å². The molecule has 1 aliphatic heterocycles. The van der Waals surface area contributed by atoms with Crippen molar-refractivity contribution in [1.82, 2.24) is 9.88 Å². The van der Waals surface area contributed by atoms with Gasteiger partial charge >= 0.3 is 5.97 Å². The van der Waals surface area contributed by atoms with Crippen molar-refractivity contribution in [2.24, 2.45) is 0 Å². The quantitative estimate of drug-likeness (QED) is 0.494. The maximum atomic E-state index is 13.5. The van der Waals surface area contributed by atoms with Crippen molar-refractivity contribution in [3.05, 3.63) is 58.2 Å². The van der Waals surface area contributed by atoms with Gasteiger partial charge in [-0.05, 0) is 70.4 Å². The van der Waals surface area contributed by atoms with Crippen molar-refractivity contribution in [3.63, 3.8) is 0 Å². The molecule has 2 atom stereocenters. The number of aryl methyl sites for hydroxylation is 1. The lowest BCUT2D eigenvalue weighted by Crippen LogP contribution is -2.47. The number of benzene rings is 1. The minimum atomic E-state index is -0.819. The summed E-state index contributed by atoms with van der Waals surface area (Å²) < 4.78 is 24.1. The molecule has 1 saturated heterocycles. The molecule has 1 aromatic heterocycles. The highest BCUT2D eigenvalue weighted by atomic mass is 19.1. The number of nitrogens with zero attached hydrogens (tertiary/aromatic N) is 1. The third-order valence-electron chi connectivity index (χ3n) is 5.79. The molecule has 8 heteroatoms. The summed E-state index contributed by atoms with van der Waals surface area (Å²) in [5, 5.41) is 0. The lowest BCUT2D eigenvalue weighted by molar-refractivity contribution is 0.0410. The van der Waals surface area contributed by atoms with Crippen molar-refractivity contribution >= 4 is 17.7 Å². The van der Waals surface area contributed by atoms with Gasteiger partial charge in [0.05, 0.1) is 18.8 Å². The van der Waals surface area contributed by atoms with E-state index in [1.807, 2.05) is 0 Å². The average molecular weight is 445 g/mol. The third kappa shape index (κ3) is 4.91. The fourth-order valence-corrected chi connectivity index (χ4v) is 4.06. The summed E-state index contributed by atoms with van der Waals surface area (Å²) in [5.41, 5.74) is 1.91. The van der Waals surface area contributed by atoms with Crippen molar-refractivity contribution < 1.29 is 28.2 Å². The number of halogens is 1. The Balaban J connectivity index is 1.92. The zero-order valence-corrected chi connectivity index (χ0v) is 18.9. The van der Waals surface area contributed by atoms with Gasteiger partial charge in [0.1, 0.15) is 11.5 Å². The first-order chi connectivity index (χ1) is 15.2. The molecule has 7 nitrogen and oxygen atoms in total. The summed E-state index contributed by atoms with van der Waals surface area (Å²) in [6, 6.07) is 4.43. The Kier molecular flexibility index (Phi) is 7.45. The summed E-state index contributed by atoms with van der Waals surface area (Å²) in [5.74, 6) is -1.64. The summed E-state index contributed by atoms with van der Waals surface area (Å²) >= 11 is 0. The molecule has 0 spiro atoms. The molecule has 0 radical (unpaired) electrons. The van der Waals surface area contributed by atoms with E-state index < -0.39 is 17.8 Å². The van der Waals surface area contributed by atoms with Crippen LogP contribution in [0, 0.1) is 19.7 Å². The number of hydrogen-bond acceptors (Lipinski definition) is 5. The average Bonchev–Trinajstić information content (AvgIpc) is 3.38. The minimum absolute atomic E-state index is 0.168. The van der Waals surface area contributed by atoms with Gasteiger partial charge in [0, 0.05) is 30.0 Å². The maximum Gasteiger partial charge on any atom is 0.355 e. The van der Waals surface area contributed by atoms with Crippen LogP contribution >= 0.6 is 0 Å². The Bertz CT molecular complexity index is 993. The van der Waals surface area contributed by atoms with Crippen LogP contribution in [0.15, 0.2) is 24.3 Å². The van der Waals surface area contributed by atoms with Crippen LogP contribution in [0.4, 0.5) is 4.39 Å². The number of amides is 1. The highest BCUT2D eigenvalue weighted by Gasteiger charge is 2.34. The maximum absolute atomic E-state index is 13.5. The molecule has 2 unspecified atom stereocenters. The number of aromatic nitrogens is 1. The normalized spacial score (nSPS) is 16.6. The summed E-state index contributed by atoms with van der Waals surface area (Å²) in [6.07, 6.45) is 1.52. The van der Waals surface area contributed by atoms with Crippen molar-refractivity contribution in [2.75, 3.05) is 19.8 Å². The lowest BCUT2D eigenvalue weighted by atomic mass is 9.98. The van der Waals surface area contributed by atoms with Gasteiger partial charge < -0.3 is 19.4 Å². The molecule has 0 saturated carbocycles. The van der Waals surface area contributed by atoms with Gasteiger partial charge in [-0.25, -0.2) is 9.18 Å². The number of aromatic amines is 1. The molecule has 2 heterocycles. The molecule has 1 N–H and O–H groups in total. The second-order valence-corrected chi connectivity index (χ2v) is 7.99. The second kappa shape index (κ2) is 10.1. The Hall–Kier alpha value is -3.00. The van der Waals surface area contributed by atoms with Crippen LogP contribution in [0.1, 0.15) is 69.2 Å². The van der Waals surface area contributed by atoms with E-state index in [1.54, 1.807) is 27.7 Å². The summed E-state index contributed by atoms with van der Waals surface area (Å²) in [4.78, 5) is 43.5. The lowest BCUT2D eigenvalue weighted by Gasteiger charge is -2.31. The number of carbonyl (C=O) groups is 3. The highest BCUT2D eigenvalue weighted by Crippen LogP contribution is 2.24. The smallest absolute Gasteiger partial charge is 0.355 e. The molecule has 172 valence electrons. The molecule has 1 aromatic carbocycles. The minimum Gasteiger partial charge on any atom is -0.461 e. The summed E-state index contributed by atoms with van der Waals surface area (Å²) in [7, 11) is 0. The molecule has 1 aliphatic rings. The van der Waals surface area contributed by atoms with E-state index in [0.29, 0.717) is 29.0 Å². The number of nitrogens with one attached hydrogen (secondary N) is 1. The van der Waals surface area contributed by atoms with Gasteiger partial charge in [0.2, 0.25) is 0 Å². The Morgan fingerprint density at radius 3 is 2.53 bits per heavy atom. The van der Waals surface area contributed by atoms with Gasteiger partial charge in [0.15, 0.2) is 5.78 Å². The molecule has 3 rings (SSSR count). The molecular formula is C24H29FN2O5. The summed E-state index contributed by atoms with van der Waals surface area (Å²) in [6.45, 7) is 7.85. The van der Waals surface area contributed by atoms with E-state index in [4.69, 9.17) is 9.47 Å². The fraction of sp³-hybridized carbons (Fsp3) is 0.458. The van der Waals surface area contributed by atoms with E-state index >= 15 is 0 Å².